The number of anilines is 1. The summed E-state index contributed by atoms with van der Waals surface area (Å²) in [5, 5.41) is 3.16. The molecule has 0 unspecified atom stereocenters. The molecule has 0 aliphatic heterocycles. The highest BCUT2D eigenvalue weighted by Crippen LogP contribution is 2.20. The third kappa shape index (κ3) is 3.20. The van der Waals surface area contributed by atoms with E-state index in [1.807, 2.05) is 18.3 Å². The van der Waals surface area contributed by atoms with Crippen LogP contribution in [0.1, 0.15) is 5.56 Å². The number of halogens is 1. The highest BCUT2D eigenvalue weighted by atomic mass is 19.1. The summed E-state index contributed by atoms with van der Waals surface area (Å²) in [5.41, 5.74) is 1.90. The minimum atomic E-state index is -0.358. The Hall–Kier alpha value is -2.10. The number of nitrogens with one attached hydrogen (secondary N) is 1. The fourth-order valence-corrected chi connectivity index (χ4v) is 1.67. The van der Waals surface area contributed by atoms with Crippen LogP contribution in [-0.2, 0) is 6.42 Å². The summed E-state index contributed by atoms with van der Waals surface area (Å²) in [6, 6.07) is 8.76. The predicted octanol–water partition coefficient (Wildman–Crippen LogP) is 2.88. The second-order valence-electron chi connectivity index (χ2n) is 3.89. The molecule has 1 aromatic heterocycles. The van der Waals surface area contributed by atoms with E-state index in [0.29, 0.717) is 0 Å². The summed E-state index contributed by atoms with van der Waals surface area (Å²) in [6.45, 7) is 0.734. The molecule has 1 N–H and O–H groups in total. The fraction of sp³-hybridized carbons (Fsp3) is 0.214. The van der Waals surface area contributed by atoms with Gasteiger partial charge in [0.25, 0.3) is 0 Å². The van der Waals surface area contributed by atoms with Gasteiger partial charge in [0.1, 0.15) is 0 Å². The molecule has 0 saturated carbocycles. The van der Waals surface area contributed by atoms with Crippen LogP contribution in [0.3, 0.4) is 0 Å². The Bertz CT molecular complexity index is 502. The number of hydrogen-bond acceptors (Lipinski definition) is 3. The van der Waals surface area contributed by atoms with E-state index in [-0.39, 0.29) is 11.6 Å². The number of hydrogen-bond donors (Lipinski definition) is 1. The first-order valence-electron chi connectivity index (χ1n) is 5.76. The van der Waals surface area contributed by atoms with Crippen molar-refractivity contribution in [2.45, 2.75) is 6.42 Å². The lowest BCUT2D eigenvalue weighted by Gasteiger charge is -2.08. The first-order chi connectivity index (χ1) is 8.79. The smallest absolute Gasteiger partial charge is 0.167 e. The van der Waals surface area contributed by atoms with Gasteiger partial charge in [0.05, 0.1) is 7.11 Å². The van der Waals surface area contributed by atoms with E-state index in [0.717, 1.165) is 24.2 Å². The van der Waals surface area contributed by atoms with Crippen molar-refractivity contribution in [1.29, 1.82) is 0 Å². The van der Waals surface area contributed by atoms with Crippen LogP contribution in [0.15, 0.2) is 42.7 Å². The number of nitrogens with zero attached hydrogens (tertiary/aromatic N) is 1. The molecule has 0 radical (unpaired) electrons. The lowest BCUT2D eigenvalue weighted by molar-refractivity contribution is 0.386. The maximum absolute atomic E-state index is 13.4. The van der Waals surface area contributed by atoms with Crippen LogP contribution in [0.5, 0.6) is 5.75 Å². The molecular formula is C14H15FN2O. The molecule has 0 aliphatic rings. The third-order valence-electron chi connectivity index (χ3n) is 2.62. The minimum Gasteiger partial charge on any atom is -0.494 e. The van der Waals surface area contributed by atoms with E-state index in [9.17, 15) is 4.39 Å². The van der Waals surface area contributed by atoms with Crippen molar-refractivity contribution in [3.63, 3.8) is 0 Å². The maximum Gasteiger partial charge on any atom is 0.167 e. The van der Waals surface area contributed by atoms with Crippen molar-refractivity contribution in [3.05, 3.63) is 54.1 Å². The van der Waals surface area contributed by atoms with E-state index in [1.165, 1.54) is 13.2 Å². The van der Waals surface area contributed by atoms with Crippen LogP contribution in [-0.4, -0.2) is 18.6 Å². The number of benzene rings is 1. The lowest BCUT2D eigenvalue weighted by atomic mass is 10.2. The van der Waals surface area contributed by atoms with E-state index in [4.69, 9.17) is 4.74 Å². The van der Waals surface area contributed by atoms with Gasteiger partial charge >= 0.3 is 0 Å². The van der Waals surface area contributed by atoms with Gasteiger partial charge in [-0.15, -0.1) is 0 Å². The number of rotatable bonds is 5. The van der Waals surface area contributed by atoms with Crippen molar-refractivity contribution in [1.82, 2.24) is 4.98 Å². The normalized spacial score (nSPS) is 10.1. The molecule has 1 heterocycles. The van der Waals surface area contributed by atoms with Crippen LogP contribution in [0, 0.1) is 5.82 Å². The maximum atomic E-state index is 13.4. The molecule has 0 atom stereocenters. The van der Waals surface area contributed by atoms with E-state index < -0.39 is 0 Å². The molecule has 3 nitrogen and oxygen atoms in total. The quantitative estimate of drug-likeness (QED) is 0.880. The molecular weight excluding hydrogens is 231 g/mol. The zero-order valence-electron chi connectivity index (χ0n) is 10.2. The largest absolute Gasteiger partial charge is 0.494 e. The van der Waals surface area contributed by atoms with E-state index >= 15 is 0 Å². The monoisotopic (exact) mass is 246 g/mol. The second kappa shape index (κ2) is 6.00. The Labute approximate surface area is 106 Å². The van der Waals surface area contributed by atoms with Crippen molar-refractivity contribution in [3.8, 4) is 5.75 Å². The molecule has 0 aliphatic carbocycles. The minimum absolute atomic E-state index is 0.257. The van der Waals surface area contributed by atoms with Gasteiger partial charge in [-0.25, -0.2) is 4.39 Å². The van der Waals surface area contributed by atoms with Crippen molar-refractivity contribution >= 4 is 5.69 Å². The van der Waals surface area contributed by atoms with Crippen molar-refractivity contribution in [2.24, 2.45) is 0 Å². The molecule has 0 amide bonds. The standard InChI is InChI=1S/C14H15FN2O/c1-18-14-5-4-12(9-13(14)15)17-8-6-11-3-2-7-16-10-11/h2-5,7,9-10,17H,6,8H2,1H3. The lowest BCUT2D eigenvalue weighted by Crippen LogP contribution is -2.05. The average Bonchev–Trinajstić information content (AvgIpc) is 2.40. The Balaban J connectivity index is 1.89. The molecule has 2 aromatic rings. The van der Waals surface area contributed by atoms with Gasteiger partial charge < -0.3 is 10.1 Å². The predicted molar refractivity (Wildman–Crippen MR) is 69.4 cm³/mol. The molecule has 4 heteroatoms. The van der Waals surface area contributed by atoms with Crippen LogP contribution < -0.4 is 10.1 Å². The third-order valence-corrected chi connectivity index (χ3v) is 2.62. The summed E-state index contributed by atoms with van der Waals surface area (Å²) in [4.78, 5) is 4.04. The molecule has 0 saturated heterocycles. The fourth-order valence-electron chi connectivity index (χ4n) is 1.67. The zero-order valence-corrected chi connectivity index (χ0v) is 10.2. The van der Waals surface area contributed by atoms with E-state index in [1.54, 1.807) is 18.3 Å². The second-order valence-corrected chi connectivity index (χ2v) is 3.89. The highest BCUT2D eigenvalue weighted by molar-refractivity contribution is 5.47. The molecule has 2 rings (SSSR count). The molecule has 94 valence electrons. The van der Waals surface area contributed by atoms with Gasteiger partial charge in [0.2, 0.25) is 0 Å². The Morgan fingerprint density at radius 1 is 1.33 bits per heavy atom. The first kappa shape index (κ1) is 12.4. The summed E-state index contributed by atoms with van der Waals surface area (Å²) >= 11 is 0. The summed E-state index contributed by atoms with van der Waals surface area (Å²) in [5.74, 6) is -0.100. The Kier molecular flexibility index (Phi) is 4.12. The number of pyridine rings is 1. The number of aromatic nitrogens is 1. The molecule has 1 aromatic carbocycles. The van der Waals surface area contributed by atoms with Crippen LogP contribution in [0.25, 0.3) is 0 Å². The van der Waals surface area contributed by atoms with Gasteiger partial charge in [0, 0.05) is 30.7 Å². The summed E-state index contributed by atoms with van der Waals surface area (Å²) in [7, 11) is 1.45. The zero-order chi connectivity index (χ0) is 12.8. The first-order valence-corrected chi connectivity index (χ1v) is 5.76. The Morgan fingerprint density at radius 2 is 2.22 bits per heavy atom. The van der Waals surface area contributed by atoms with Gasteiger partial charge in [-0.2, -0.15) is 0 Å². The van der Waals surface area contributed by atoms with Crippen molar-refractivity contribution in [2.75, 3.05) is 19.0 Å². The number of ether oxygens (including phenoxy) is 1. The van der Waals surface area contributed by atoms with Crippen molar-refractivity contribution < 1.29 is 9.13 Å². The van der Waals surface area contributed by atoms with Gasteiger partial charge in [-0.05, 0) is 30.2 Å². The van der Waals surface area contributed by atoms with Gasteiger partial charge in [-0.3, -0.25) is 4.98 Å². The van der Waals surface area contributed by atoms with Crippen LogP contribution in [0.2, 0.25) is 0 Å². The molecule has 0 fully saturated rings. The SMILES string of the molecule is COc1ccc(NCCc2cccnc2)cc1F. The molecule has 0 spiro atoms. The average molecular weight is 246 g/mol. The molecule has 18 heavy (non-hydrogen) atoms. The highest BCUT2D eigenvalue weighted by Gasteiger charge is 2.02. The van der Waals surface area contributed by atoms with Crippen LogP contribution >= 0.6 is 0 Å². The summed E-state index contributed by atoms with van der Waals surface area (Å²) in [6.07, 6.45) is 4.42. The van der Waals surface area contributed by atoms with Gasteiger partial charge in [0.15, 0.2) is 11.6 Å². The van der Waals surface area contributed by atoms with E-state index in [2.05, 4.69) is 10.3 Å². The number of methoxy groups -OCH3 is 1. The Morgan fingerprint density at radius 3 is 2.89 bits per heavy atom. The topological polar surface area (TPSA) is 34.1 Å². The van der Waals surface area contributed by atoms with Gasteiger partial charge in [-0.1, -0.05) is 6.07 Å². The van der Waals surface area contributed by atoms with Crippen LogP contribution in [0.4, 0.5) is 10.1 Å². The molecule has 0 bridgehead atoms. The summed E-state index contributed by atoms with van der Waals surface area (Å²) < 4.78 is 18.3.